The van der Waals surface area contributed by atoms with Gasteiger partial charge < -0.3 is 9.84 Å². The Balaban J connectivity index is 3.25. The minimum absolute atomic E-state index is 0.0799. The Kier molecular flexibility index (Phi) is 4.29. The number of hydrogen-bond donors (Lipinski definition) is 2. The van der Waals surface area contributed by atoms with Crippen LogP contribution in [0, 0.1) is 33.1 Å². The lowest BCUT2D eigenvalue weighted by Gasteiger charge is -2.20. The Morgan fingerprint density at radius 1 is 1.24 bits per heavy atom. The van der Waals surface area contributed by atoms with E-state index in [0.717, 1.165) is 27.8 Å². The molecule has 0 saturated heterocycles. The predicted molar refractivity (Wildman–Crippen MR) is 69.7 cm³/mol. The minimum Gasteiger partial charge on any atom is -0.479 e. The van der Waals surface area contributed by atoms with Gasteiger partial charge in [-0.2, -0.15) is 0 Å². The summed E-state index contributed by atoms with van der Waals surface area (Å²) in [6, 6.07) is 2.10. The van der Waals surface area contributed by atoms with Crippen molar-refractivity contribution in [2.45, 2.75) is 40.7 Å². The average molecular weight is 235 g/mol. The van der Waals surface area contributed by atoms with Crippen LogP contribution in [0.15, 0.2) is 6.07 Å². The van der Waals surface area contributed by atoms with E-state index in [0.29, 0.717) is 6.61 Å². The topological polar surface area (TPSA) is 53.3 Å². The lowest BCUT2D eigenvalue weighted by Crippen LogP contribution is -2.17. The highest BCUT2D eigenvalue weighted by molar-refractivity contribution is 5.80. The predicted octanol–water partition coefficient (Wildman–Crippen LogP) is 2.97. The Morgan fingerprint density at radius 3 is 2.12 bits per heavy atom. The third-order valence-corrected chi connectivity index (χ3v) is 3.25. The molecule has 94 valence electrons. The van der Waals surface area contributed by atoms with Crippen LogP contribution in [0.3, 0.4) is 0 Å². The highest BCUT2D eigenvalue weighted by Crippen LogP contribution is 2.28. The van der Waals surface area contributed by atoms with E-state index in [9.17, 15) is 5.11 Å². The molecule has 1 rings (SSSR count). The molecule has 0 aromatic heterocycles. The van der Waals surface area contributed by atoms with Crippen molar-refractivity contribution in [3.63, 3.8) is 0 Å². The highest BCUT2D eigenvalue weighted by atomic mass is 16.5. The molecule has 0 spiro atoms. The molecule has 0 aliphatic carbocycles. The van der Waals surface area contributed by atoms with Crippen LogP contribution in [-0.4, -0.2) is 17.6 Å². The molecule has 2 N–H and O–H groups in total. The van der Waals surface area contributed by atoms with Gasteiger partial charge in [0, 0.05) is 0 Å². The van der Waals surface area contributed by atoms with Crippen molar-refractivity contribution in [1.82, 2.24) is 0 Å². The molecule has 0 saturated carbocycles. The molecule has 17 heavy (non-hydrogen) atoms. The fourth-order valence-electron chi connectivity index (χ4n) is 2.02. The molecule has 0 aliphatic heterocycles. The number of aryl methyl sites for hydroxylation is 2. The van der Waals surface area contributed by atoms with Crippen molar-refractivity contribution in [1.29, 1.82) is 5.41 Å². The molecule has 0 unspecified atom stereocenters. The highest BCUT2D eigenvalue weighted by Gasteiger charge is 2.21. The van der Waals surface area contributed by atoms with Gasteiger partial charge >= 0.3 is 0 Å². The van der Waals surface area contributed by atoms with Crippen molar-refractivity contribution in [2.24, 2.45) is 0 Å². The summed E-state index contributed by atoms with van der Waals surface area (Å²) in [6.07, 6.45) is -0.964. The van der Waals surface area contributed by atoms with E-state index in [1.54, 1.807) is 0 Å². The molecule has 0 bridgehead atoms. The summed E-state index contributed by atoms with van der Waals surface area (Å²) in [6.45, 7) is 10.2. The molecular weight excluding hydrogens is 214 g/mol. The van der Waals surface area contributed by atoms with Crippen LogP contribution in [0.4, 0.5) is 0 Å². The number of aliphatic hydroxyl groups excluding tert-OH is 1. The monoisotopic (exact) mass is 235 g/mol. The molecule has 0 fully saturated rings. The summed E-state index contributed by atoms with van der Waals surface area (Å²) in [7, 11) is 0. The summed E-state index contributed by atoms with van der Waals surface area (Å²) in [5.74, 6) is -0.0799. The van der Waals surface area contributed by atoms with E-state index < -0.39 is 6.10 Å². The molecule has 0 heterocycles. The van der Waals surface area contributed by atoms with Crippen molar-refractivity contribution in [3.8, 4) is 0 Å². The van der Waals surface area contributed by atoms with Crippen LogP contribution in [0.2, 0.25) is 0 Å². The Labute approximate surface area is 103 Å². The van der Waals surface area contributed by atoms with Crippen molar-refractivity contribution >= 4 is 5.90 Å². The molecule has 1 atom stereocenters. The third-order valence-electron chi connectivity index (χ3n) is 3.25. The van der Waals surface area contributed by atoms with Gasteiger partial charge in [-0.15, -0.1) is 0 Å². The molecule has 3 nitrogen and oxygen atoms in total. The van der Waals surface area contributed by atoms with Crippen molar-refractivity contribution in [2.75, 3.05) is 6.61 Å². The largest absolute Gasteiger partial charge is 0.479 e. The SMILES string of the molecule is CCOC(=N)[C@H](O)c1c(C)c(C)cc(C)c1C. The van der Waals surface area contributed by atoms with Gasteiger partial charge in [-0.1, -0.05) is 6.07 Å². The smallest absolute Gasteiger partial charge is 0.214 e. The zero-order valence-electron chi connectivity index (χ0n) is 11.2. The summed E-state index contributed by atoms with van der Waals surface area (Å²) >= 11 is 0. The summed E-state index contributed by atoms with van der Waals surface area (Å²) in [4.78, 5) is 0. The van der Waals surface area contributed by atoms with E-state index in [1.165, 1.54) is 0 Å². The average Bonchev–Trinajstić information content (AvgIpc) is 2.27. The normalized spacial score (nSPS) is 12.4. The van der Waals surface area contributed by atoms with E-state index >= 15 is 0 Å². The van der Waals surface area contributed by atoms with Gasteiger partial charge in [0.25, 0.3) is 0 Å². The van der Waals surface area contributed by atoms with E-state index in [4.69, 9.17) is 10.1 Å². The van der Waals surface area contributed by atoms with E-state index in [1.807, 2.05) is 34.6 Å². The first kappa shape index (κ1) is 13.7. The summed E-state index contributed by atoms with van der Waals surface area (Å²) in [5, 5.41) is 17.9. The van der Waals surface area contributed by atoms with Crippen LogP contribution < -0.4 is 0 Å². The van der Waals surface area contributed by atoms with Gasteiger partial charge in [0.05, 0.1) is 6.61 Å². The summed E-state index contributed by atoms with van der Waals surface area (Å²) in [5.41, 5.74) is 5.13. The lowest BCUT2D eigenvalue weighted by atomic mass is 9.91. The first-order valence-electron chi connectivity index (χ1n) is 5.86. The third kappa shape index (κ3) is 2.67. The van der Waals surface area contributed by atoms with Gasteiger partial charge in [-0.25, -0.2) is 0 Å². The molecule has 1 aromatic carbocycles. The van der Waals surface area contributed by atoms with Crippen LogP contribution >= 0.6 is 0 Å². The zero-order chi connectivity index (χ0) is 13.2. The lowest BCUT2D eigenvalue weighted by molar-refractivity contribution is 0.189. The number of benzene rings is 1. The van der Waals surface area contributed by atoms with Crippen LogP contribution in [0.5, 0.6) is 0 Å². The second-order valence-electron chi connectivity index (χ2n) is 4.37. The van der Waals surface area contributed by atoms with Crippen LogP contribution in [-0.2, 0) is 4.74 Å². The second-order valence-corrected chi connectivity index (χ2v) is 4.37. The quantitative estimate of drug-likeness (QED) is 0.625. The van der Waals surface area contributed by atoms with Crippen LogP contribution in [0.1, 0.15) is 40.8 Å². The maximum absolute atomic E-state index is 10.2. The standard InChI is InChI=1S/C14H21NO2/c1-6-17-14(15)13(16)12-10(4)8(2)7-9(3)11(12)5/h7,13,15-16H,6H2,1-5H3/t13-/m1/s1. The fraction of sp³-hybridized carbons (Fsp3) is 0.500. The van der Waals surface area contributed by atoms with Crippen molar-refractivity contribution < 1.29 is 9.84 Å². The number of rotatable bonds is 3. The van der Waals surface area contributed by atoms with Crippen LogP contribution in [0.25, 0.3) is 0 Å². The Bertz CT molecular complexity index is 412. The van der Waals surface area contributed by atoms with Gasteiger partial charge in [0.2, 0.25) is 5.90 Å². The summed E-state index contributed by atoms with van der Waals surface area (Å²) < 4.78 is 5.08. The maximum Gasteiger partial charge on any atom is 0.214 e. The van der Waals surface area contributed by atoms with Gasteiger partial charge in [0.1, 0.15) is 0 Å². The van der Waals surface area contributed by atoms with Crippen molar-refractivity contribution in [3.05, 3.63) is 33.9 Å². The molecule has 0 radical (unpaired) electrons. The molecular formula is C14H21NO2. The molecule has 0 amide bonds. The van der Waals surface area contributed by atoms with E-state index in [-0.39, 0.29) is 5.90 Å². The number of aliphatic hydroxyl groups is 1. The number of ether oxygens (including phenoxy) is 1. The second kappa shape index (κ2) is 5.32. The number of nitrogens with one attached hydrogen (secondary N) is 1. The molecule has 1 aromatic rings. The first-order valence-corrected chi connectivity index (χ1v) is 5.86. The Morgan fingerprint density at radius 2 is 1.71 bits per heavy atom. The zero-order valence-corrected chi connectivity index (χ0v) is 11.2. The number of hydrogen-bond acceptors (Lipinski definition) is 3. The fourth-order valence-corrected chi connectivity index (χ4v) is 2.02. The minimum atomic E-state index is -0.964. The van der Waals surface area contributed by atoms with Gasteiger partial charge in [0.15, 0.2) is 6.10 Å². The molecule has 0 aliphatic rings. The maximum atomic E-state index is 10.2. The molecule has 3 heteroatoms. The first-order chi connectivity index (χ1) is 7.90. The van der Waals surface area contributed by atoms with E-state index in [2.05, 4.69) is 6.07 Å². The van der Waals surface area contributed by atoms with Gasteiger partial charge in [-0.05, 0) is 62.4 Å². The Hall–Kier alpha value is -1.35. The van der Waals surface area contributed by atoms with Gasteiger partial charge in [-0.3, -0.25) is 5.41 Å².